The average molecular weight is 382 g/mol. The van der Waals surface area contributed by atoms with Crippen LogP contribution in [0.25, 0.3) is 0 Å². The lowest BCUT2D eigenvalue weighted by Gasteiger charge is -2.08. The zero-order valence-electron chi connectivity index (χ0n) is 11.3. The van der Waals surface area contributed by atoms with Gasteiger partial charge in [-0.1, -0.05) is 0 Å². The van der Waals surface area contributed by atoms with Gasteiger partial charge in [0.15, 0.2) is 5.96 Å². The summed E-state index contributed by atoms with van der Waals surface area (Å²) in [4.78, 5) is 8.94. The molecule has 0 saturated heterocycles. The molecule has 0 aliphatic heterocycles. The highest BCUT2D eigenvalue weighted by molar-refractivity contribution is 14.0. The Kier molecular flexibility index (Phi) is 10.3. The number of nitrogens with zero attached hydrogens (tertiary/aromatic N) is 2. The Balaban J connectivity index is 0.00000289. The van der Waals surface area contributed by atoms with E-state index >= 15 is 0 Å². The fourth-order valence-electron chi connectivity index (χ4n) is 1.45. The molecule has 0 amide bonds. The van der Waals surface area contributed by atoms with E-state index in [2.05, 4.69) is 39.8 Å². The summed E-state index contributed by atoms with van der Waals surface area (Å²) >= 11 is 1.74. The lowest BCUT2D eigenvalue weighted by molar-refractivity contribution is 0.791. The summed E-state index contributed by atoms with van der Waals surface area (Å²) in [5, 5.41) is 9.74. The second-order valence-electron chi connectivity index (χ2n) is 3.78. The molecule has 1 heterocycles. The third-order valence-corrected chi connectivity index (χ3v) is 3.20. The fourth-order valence-corrected chi connectivity index (χ4v) is 2.27. The number of nitrogens with one attached hydrogen (secondary N) is 2. The Hall–Kier alpha value is -0.370. The molecule has 0 aliphatic carbocycles. The number of halogens is 1. The zero-order chi connectivity index (χ0) is 12.5. The molecule has 0 fully saturated rings. The lowest BCUT2D eigenvalue weighted by atomic mass is 10.3. The van der Waals surface area contributed by atoms with Crippen LogP contribution in [0.2, 0.25) is 0 Å². The van der Waals surface area contributed by atoms with Crippen molar-refractivity contribution in [2.45, 2.75) is 33.6 Å². The summed E-state index contributed by atoms with van der Waals surface area (Å²) < 4.78 is 0. The molecule has 2 N–H and O–H groups in total. The van der Waals surface area contributed by atoms with Crippen molar-refractivity contribution < 1.29 is 0 Å². The van der Waals surface area contributed by atoms with Gasteiger partial charge in [-0.3, -0.25) is 4.99 Å². The first-order valence-electron chi connectivity index (χ1n) is 6.19. The van der Waals surface area contributed by atoms with Crippen molar-refractivity contribution >= 4 is 41.3 Å². The molecule has 0 aliphatic rings. The second-order valence-corrected chi connectivity index (χ2v) is 4.72. The Morgan fingerprint density at radius 1 is 1.33 bits per heavy atom. The SMILES string of the molecule is CCNC(=NCCCc1nc(C)cs1)NCC.I. The van der Waals surface area contributed by atoms with Crippen LogP contribution in [-0.2, 0) is 6.42 Å². The minimum absolute atomic E-state index is 0. The Bertz CT molecular complexity index is 344. The first-order chi connectivity index (χ1) is 8.26. The van der Waals surface area contributed by atoms with Gasteiger partial charge in [0, 0.05) is 37.1 Å². The van der Waals surface area contributed by atoms with E-state index in [1.807, 2.05) is 6.92 Å². The highest BCUT2D eigenvalue weighted by Crippen LogP contribution is 2.10. The summed E-state index contributed by atoms with van der Waals surface area (Å²) in [6, 6.07) is 0. The predicted molar refractivity (Wildman–Crippen MR) is 90.2 cm³/mol. The van der Waals surface area contributed by atoms with E-state index < -0.39 is 0 Å². The number of aryl methyl sites for hydroxylation is 2. The third-order valence-electron chi connectivity index (χ3n) is 2.17. The fraction of sp³-hybridized carbons (Fsp3) is 0.667. The van der Waals surface area contributed by atoms with E-state index in [9.17, 15) is 0 Å². The number of rotatable bonds is 6. The van der Waals surface area contributed by atoms with Gasteiger partial charge in [0.1, 0.15) is 0 Å². The molecule has 1 aromatic heterocycles. The van der Waals surface area contributed by atoms with Crippen molar-refractivity contribution in [3.63, 3.8) is 0 Å². The van der Waals surface area contributed by atoms with Crippen molar-refractivity contribution in [3.8, 4) is 0 Å². The molecule has 0 spiro atoms. The zero-order valence-corrected chi connectivity index (χ0v) is 14.5. The van der Waals surface area contributed by atoms with Gasteiger partial charge in [0.05, 0.1) is 5.01 Å². The Morgan fingerprint density at radius 3 is 2.50 bits per heavy atom. The van der Waals surface area contributed by atoms with Crippen LogP contribution in [0.15, 0.2) is 10.4 Å². The molecular formula is C12H23IN4S. The first-order valence-corrected chi connectivity index (χ1v) is 7.07. The van der Waals surface area contributed by atoms with Crippen LogP contribution in [0.4, 0.5) is 0 Å². The van der Waals surface area contributed by atoms with Crippen molar-refractivity contribution in [2.75, 3.05) is 19.6 Å². The monoisotopic (exact) mass is 382 g/mol. The van der Waals surface area contributed by atoms with Gasteiger partial charge < -0.3 is 10.6 Å². The molecule has 0 unspecified atom stereocenters. The molecule has 6 heteroatoms. The molecule has 0 bridgehead atoms. The van der Waals surface area contributed by atoms with Crippen LogP contribution >= 0.6 is 35.3 Å². The van der Waals surface area contributed by atoms with Crippen LogP contribution in [-0.4, -0.2) is 30.6 Å². The van der Waals surface area contributed by atoms with E-state index in [0.717, 1.165) is 44.1 Å². The molecule has 0 saturated carbocycles. The smallest absolute Gasteiger partial charge is 0.191 e. The number of guanidine groups is 1. The van der Waals surface area contributed by atoms with Crippen LogP contribution in [0.5, 0.6) is 0 Å². The van der Waals surface area contributed by atoms with Gasteiger partial charge in [0.2, 0.25) is 0 Å². The molecule has 0 aromatic carbocycles. The third kappa shape index (κ3) is 7.15. The topological polar surface area (TPSA) is 49.3 Å². The molecule has 104 valence electrons. The Labute approximate surface area is 131 Å². The van der Waals surface area contributed by atoms with Crippen LogP contribution in [0.3, 0.4) is 0 Å². The molecule has 0 radical (unpaired) electrons. The number of aromatic nitrogens is 1. The molecule has 1 rings (SSSR count). The highest BCUT2D eigenvalue weighted by Gasteiger charge is 1.98. The maximum absolute atomic E-state index is 4.50. The van der Waals surface area contributed by atoms with E-state index in [1.54, 1.807) is 11.3 Å². The number of thiazole rings is 1. The van der Waals surface area contributed by atoms with Crippen molar-refractivity contribution in [2.24, 2.45) is 4.99 Å². The minimum atomic E-state index is 0. The van der Waals surface area contributed by atoms with Gasteiger partial charge in [-0.2, -0.15) is 0 Å². The first kappa shape index (κ1) is 17.6. The van der Waals surface area contributed by atoms with E-state index in [4.69, 9.17) is 0 Å². The van der Waals surface area contributed by atoms with E-state index in [-0.39, 0.29) is 24.0 Å². The standard InChI is InChI=1S/C12H22N4S.HI/c1-4-13-12(14-5-2)15-8-6-7-11-16-10(3)9-17-11;/h9H,4-8H2,1-3H3,(H2,13,14,15);1H. The van der Waals surface area contributed by atoms with Gasteiger partial charge in [0.25, 0.3) is 0 Å². The summed E-state index contributed by atoms with van der Waals surface area (Å²) in [6.07, 6.45) is 2.07. The van der Waals surface area contributed by atoms with E-state index in [1.165, 1.54) is 5.01 Å². The average Bonchev–Trinajstić information content (AvgIpc) is 2.71. The molecular weight excluding hydrogens is 359 g/mol. The lowest BCUT2D eigenvalue weighted by Crippen LogP contribution is -2.37. The highest BCUT2D eigenvalue weighted by atomic mass is 127. The molecule has 4 nitrogen and oxygen atoms in total. The summed E-state index contributed by atoms with van der Waals surface area (Å²) in [7, 11) is 0. The largest absolute Gasteiger partial charge is 0.357 e. The normalized spacial score (nSPS) is 9.50. The van der Waals surface area contributed by atoms with E-state index in [0.29, 0.717) is 0 Å². The van der Waals surface area contributed by atoms with Gasteiger partial charge in [-0.15, -0.1) is 35.3 Å². The Morgan fingerprint density at radius 2 is 2.00 bits per heavy atom. The van der Waals surface area contributed by atoms with Crippen molar-refractivity contribution in [1.82, 2.24) is 15.6 Å². The van der Waals surface area contributed by atoms with Gasteiger partial charge in [-0.05, 0) is 27.2 Å². The quantitative estimate of drug-likeness (QED) is 0.344. The number of aliphatic imine (C=N–C) groups is 1. The molecule has 0 atom stereocenters. The van der Waals surface area contributed by atoms with Crippen LogP contribution in [0.1, 0.15) is 31.0 Å². The maximum atomic E-state index is 4.50. The van der Waals surface area contributed by atoms with Gasteiger partial charge >= 0.3 is 0 Å². The minimum Gasteiger partial charge on any atom is -0.357 e. The summed E-state index contributed by atoms with van der Waals surface area (Å²) in [5.74, 6) is 0.908. The molecule has 18 heavy (non-hydrogen) atoms. The second kappa shape index (κ2) is 10.5. The summed E-state index contributed by atoms with van der Waals surface area (Å²) in [5.41, 5.74) is 1.12. The van der Waals surface area contributed by atoms with Crippen LogP contribution < -0.4 is 10.6 Å². The number of hydrogen-bond acceptors (Lipinski definition) is 3. The summed E-state index contributed by atoms with van der Waals surface area (Å²) in [6.45, 7) is 8.83. The van der Waals surface area contributed by atoms with Crippen LogP contribution in [0, 0.1) is 6.92 Å². The maximum Gasteiger partial charge on any atom is 0.191 e. The van der Waals surface area contributed by atoms with Gasteiger partial charge in [-0.25, -0.2) is 4.98 Å². The molecule has 1 aromatic rings. The predicted octanol–water partition coefficient (Wildman–Crippen LogP) is 2.58. The number of hydrogen-bond donors (Lipinski definition) is 2. The van der Waals surface area contributed by atoms with Crippen molar-refractivity contribution in [3.05, 3.63) is 16.1 Å². The van der Waals surface area contributed by atoms with Crippen molar-refractivity contribution in [1.29, 1.82) is 0 Å².